The molecular formula is C31H38FN3O4S. The van der Waals surface area contributed by atoms with Crippen molar-refractivity contribution in [1.82, 2.24) is 10.2 Å². The molecule has 0 aliphatic carbocycles. The van der Waals surface area contributed by atoms with Crippen LogP contribution in [0.5, 0.6) is 0 Å². The van der Waals surface area contributed by atoms with E-state index < -0.39 is 34.3 Å². The third-order valence-corrected chi connectivity index (χ3v) is 8.53. The van der Waals surface area contributed by atoms with E-state index in [1.54, 1.807) is 50.2 Å². The van der Waals surface area contributed by atoms with Gasteiger partial charge in [0.2, 0.25) is 11.8 Å². The molecule has 1 N–H and O–H groups in total. The Bertz CT molecular complexity index is 1390. The summed E-state index contributed by atoms with van der Waals surface area (Å²) < 4.78 is 42.5. The number of aryl methyl sites for hydroxylation is 1. The minimum atomic E-state index is -4.14. The van der Waals surface area contributed by atoms with E-state index in [2.05, 4.69) is 5.32 Å². The number of rotatable bonds is 12. The summed E-state index contributed by atoms with van der Waals surface area (Å²) in [6.45, 7) is 9.39. The Balaban J connectivity index is 2.06. The third kappa shape index (κ3) is 7.47. The highest BCUT2D eigenvalue weighted by molar-refractivity contribution is 7.92. The summed E-state index contributed by atoms with van der Waals surface area (Å²) in [5.74, 6) is -1.07. The Morgan fingerprint density at radius 3 is 2.02 bits per heavy atom. The molecule has 0 saturated heterocycles. The number of nitrogens with one attached hydrogen (secondary N) is 1. The van der Waals surface area contributed by atoms with Crippen molar-refractivity contribution >= 4 is 27.5 Å². The van der Waals surface area contributed by atoms with E-state index in [1.807, 2.05) is 32.9 Å². The van der Waals surface area contributed by atoms with E-state index >= 15 is 0 Å². The fourth-order valence-corrected chi connectivity index (χ4v) is 5.80. The lowest BCUT2D eigenvalue weighted by molar-refractivity contribution is -0.140. The van der Waals surface area contributed by atoms with Gasteiger partial charge in [-0.15, -0.1) is 0 Å². The first kappa shape index (κ1) is 30.8. The highest BCUT2D eigenvalue weighted by Crippen LogP contribution is 2.27. The number of hydrogen-bond donors (Lipinski definition) is 1. The molecule has 3 aromatic rings. The lowest BCUT2D eigenvalue weighted by Crippen LogP contribution is -2.52. The second-order valence-corrected chi connectivity index (χ2v) is 11.9. The van der Waals surface area contributed by atoms with Crippen molar-refractivity contribution in [1.29, 1.82) is 0 Å². The molecule has 40 heavy (non-hydrogen) atoms. The van der Waals surface area contributed by atoms with E-state index in [1.165, 1.54) is 29.2 Å². The first-order chi connectivity index (χ1) is 19.0. The largest absolute Gasteiger partial charge is 0.355 e. The van der Waals surface area contributed by atoms with Crippen molar-refractivity contribution in [2.24, 2.45) is 0 Å². The fourth-order valence-electron chi connectivity index (χ4n) is 4.39. The summed E-state index contributed by atoms with van der Waals surface area (Å²) in [7, 11) is -4.14. The van der Waals surface area contributed by atoms with Crippen LogP contribution in [0.25, 0.3) is 0 Å². The van der Waals surface area contributed by atoms with Gasteiger partial charge in [0.1, 0.15) is 18.4 Å². The van der Waals surface area contributed by atoms with Gasteiger partial charge in [-0.2, -0.15) is 0 Å². The van der Waals surface area contributed by atoms with E-state index in [-0.39, 0.29) is 23.3 Å². The molecule has 0 bridgehead atoms. The van der Waals surface area contributed by atoms with Gasteiger partial charge >= 0.3 is 0 Å². The number of nitrogens with zero attached hydrogens (tertiary/aromatic N) is 2. The normalized spacial score (nSPS) is 12.2. The number of sulfonamides is 1. The Morgan fingerprint density at radius 1 is 0.900 bits per heavy atom. The molecule has 2 amide bonds. The number of likely N-dealkylation sites (N-methyl/N-ethyl adjacent to an activating group) is 1. The fraction of sp³-hybridized carbons (Fsp3) is 0.355. The van der Waals surface area contributed by atoms with Gasteiger partial charge in [-0.1, -0.05) is 62.7 Å². The number of hydrogen-bond acceptors (Lipinski definition) is 4. The average molecular weight is 568 g/mol. The monoisotopic (exact) mass is 567 g/mol. The topological polar surface area (TPSA) is 86.8 Å². The number of anilines is 1. The molecule has 0 unspecified atom stereocenters. The van der Waals surface area contributed by atoms with Gasteiger partial charge in [-0.05, 0) is 73.7 Å². The molecule has 0 fully saturated rings. The number of benzene rings is 3. The van der Waals surface area contributed by atoms with Crippen LogP contribution in [-0.2, 0) is 26.2 Å². The predicted octanol–water partition coefficient (Wildman–Crippen LogP) is 5.40. The lowest BCUT2D eigenvalue weighted by atomic mass is 10.0. The van der Waals surface area contributed by atoms with Crippen molar-refractivity contribution in [2.45, 2.75) is 64.4 Å². The summed E-state index contributed by atoms with van der Waals surface area (Å²) in [4.78, 5) is 28.4. The summed E-state index contributed by atoms with van der Waals surface area (Å²) >= 11 is 0. The number of halogens is 1. The van der Waals surface area contributed by atoms with E-state index in [9.17, 15) is 22.4 Å². The first-order valence-electron chi connectivity index (χ1n) is 13.5. The Morgan fingerprint density at radius 2 is 1.50 bits per heavy atom. The van der Waals surface area contributed by atoms with Gasteiger partial charge in [0.15, 0.2) is 0 Å². The Kier molecular flexibility index (Phi) is 10.5. The minimum absolute atomic E-state index is 0.0134. The third-order valence-electron chi connectivity index (χ3n) is 6.74. The van der Waals surface area contributed by atoms with Crippen LogP contribution in [-0.4, -0.2) is 44.3 Å². The van der Waals surface area contributed by atoms with Crippen LogP contribution in [0, 0.1) is 12.7 Å². The van der Waals surface area contributed by atoms with Crippen LogP contribution in [0.3, 0.4) is 0 Å². The van der Waals surface area contributed by atoms with Crippen LogP contribution >= 0.6 is 0 Å². The summed E-state index contributed by atoms with van der Waals surface area (Å²) in [6, 6.07) is 18.4. The summed E-state index contributed by atoms with van der Waals surface area (Å²) in [6.07, 6.45) is 0.312. The maximum absolute atomic E-state index is 14.0. The molecule has 3 rings (SSSR count). The molecule has 1 atom stereocenters. The minimum Gasteiger partial charge on any atom is -0.355 e. The van der Waals surface area contributed by atoms with E-state index in [0.29, 0.717) is 24.2 Å². The van der Waals surface area contributed by atoms with Gasteiger partial charge in [0.25, 0.3) is 10.0 Å². The second-order valence-electron chi connectivity index (χ2n) is 10.0. The summed E-state index contributed by atoms with van der Waals surface area (Å²) in [5, 5.41) is 2.77. The molecule has 0 aliphatic rings. The van der Waals surface area contributed by atoms with Crippen LogP contribution in [0.1, 0.15) is 56.7 Å². The van der Waals surface area contributed by atoms with Gasteiger partial charge in [-0.25, -0.2) is 12.8 Å². The molecule has 214 valence electrons. The van der Waals surface area contributed by atoms with Gasteiger partial charge in [-0.3, -0.25) is 13.9 Å². The highest BCUT2D eigenvalue weighted by Gasteiger charge is 2.33. The first-order valence-corrected chi connectivity index (χ1v) is 14.9. The average Bonchev–Trinajstić information content (AvgIpc) is 2.93. The second kappa shape index (κ2) is 13.6. The quantitative estimate of drug-likeness (QED) is 0.318. The van der Waals surface area contributed by atoms with Crippen molar-refractivity contribution in [3.8, 4) is 0 Å². The van der Waals surface area contributed by atoms with E-state index in [4.69, 9.17) is 0 Å². The number of amides is 2. The summed E-state index contributed by atoms with van der Waals surface area (Å²) in [5.41, 5.74) is 2.89. The predicted molar refractivity (Wildman–Crippen MR) is 156 cm³/mol. The van der Waals surface area contributed by atoms with Crippen molar-refractivity contribution in [2.75, 3.05) is 17.4 Å². The molecular weight excluding hydrogens is 529 g/mol. The van der Waals surface area contributed by atoms with Gasteiger partial charge < -0.3 is 10.2 Å². The Hall–Kier alpha value is -3.72. The zero-order valence-electron chi connectivity index (χ0n) is 23.7. The maximum Gasteiger partial charge on any atom is 0.264 e. The maximum atomic E-state index is 14.0. The van der Waals surface area contributed by atoms with E-state index in [0.717, 1.165) is 15.4 Å². The standard InChI is InChI=1S/C31H38FN3O4S/c1-6-29(31(37)33-7-2)34(20-24-10-14-26(32)15-11-24)30(36)21-35(27-16-12-25(13-17-27)22(3)4)40(38,39)28-18-8-23(5)9-19-28/h8-19,22,29H,6-7,20-21H2,1-5H3,(H,33,37)/t29-/m0/s1. The van der Waals surface area contributed by atoms with Gasteiger partial charge in [0, 0.05) is 13.1 Å². The number of carbonyl (C=O) groups excluding carboxylic acids is 2. The molecule has 9 heteroatoms. The molecule has 0 aliphatic heterocycles. The van der Waals surface area contributed by atoms with Crippen molar-refractivity contribution in [3.63, 3.8) is 0 Å². The Labute approximate surface area is 237 Å². The van der Waals surface area contributed by atoms with Crippen molar-refractivity contribution in [3.05, 3.63) is 95.3 Å². The van der Waals surface area contributed by atoms with Crippen LogP contribution < -0.4 is 9.62 Å². The molecule has 0 spiro atoms. The smallest absolute Gasteiger partial charge is 0.264 e. The van der Waals surface area contributed by atoms with Crippen LogP contribution in [0.4, 0.5) is 10.1 Å². The highest BCUT2D eigenvalue weighted by atomic mass is 32.2. The zero-order valence-corrected chi connectivity index (χ0v) is 24.5. The SMILES string of the molecule is CCNC(=O)[C@H](CC)N(Cc1ccc(F)cc1)C(=O)CN(c1ccc(C(C)C)cc1)S(=O)(=O)c1ccc(C)cc1. The van der Waals surface area contributed by atoms with Crippen LogP contribution in [0.15, 0.2) is 77.7 Å². The molecule has 3 aromatic carbocycles. The molecule has 0 radical (unpaired) electrons. The number of carbonyl (C=O) groups is 2. The van der Waals surface area contributed by atoms with Crippen LogP contribution in [0.2, 0.25) is 0 Å². The lowest BCUT2D eigenvalue weighted by Gasteiger charge is -2.33. The van der Waals surface area contributed by atoms with Crippen molar-refractivity contribution < 1.29 is 22.4 Å². The van der Waals surface area contributed by atoms with Gasteiger partial charge in [0.05, 0.1) is 10.6 Å². The molecule has 0 heterocycles. The molecule has 0 saturated carbocycles. The molecule has 0 aromatic heterocycles. The molecule has 7 nitrogen and oxygen atoms in total. The zero-order chi connectivity index (χ0) is 29.4.